The van der Waals surface area contributed by atoms with E-state index in [1.165, 1.54) is 62.9 Å². The van der Waals surface area contributed by atoms with Crippen LogP contribution in [0, 0.1) is 12.3 Å². The molecular formula is C16H24N2. The molecule has 2 aliphatic rings. The highest BCUT2D eigenvalue weighted by Gasteiger charge is 2.37. The predicted octanol–water partition coefficient (Wildman–Crippen LogP) is 3.74. The zero-order chi connectivity index (χ0) is 12.6. The highest BCUT2D eigenvalue weighted by atomic mass is 15.1. The van der Waals surface area contributed by atoms with Crippen molar-refractivity contribution in [3.63, 3.8) is 0 Å². The molecule has 98 valence electrons. The molecule has 0 aromatic heterocycles. The van der Waals surface area contributed by atoms with E-state index in [9.17, 15) is 0 Å². The molecule has 2 heteroatoms. The SMILES string of the molecule is Cc1ccc(N)c(N2CCC3(CCCC3)CC2)c1. The highest BCUT2D eigenvalue weighted by Crippen LogP contribution is 2.47. The predicted molar refractivity (Wildman–Crippen MR) is 77.9 cm³/mol. The Balaban J connectivity index is 1.74. The summed E-state index contributed by atoms with van der Waals surface area (Å²) in [6.07, 6.45) is 8.55. The average Bonchev–Trinajstić information content (AvgIpc) is 2.82. The number of hydrogen-bond acceptors (Lipinski definition) is 2. The topological polar surface area (TPSA) is 29.3 Å². The van der Waals surface area contributed by atoms with Gasteiger partial charge in [-0.05, 0) is 55.7 Å². The first kappa shape index (κ1) is 11.9. The maximum absolute atomic E-state index is 6.12. The molecule has 1 aliphatic heterocycles. The lowest BCUT2D eigenvalue weighted by molar-refractivity contribution is 0.226. The van der Waals surface area contributed by atoms with Gasteiger partial charge in [0, 0.05) is 13.1 Å². The van der Waals surface area contributed by atoms with Gasteiger partial charge in [-0.2, -0.15) is 0 Å². The van der Waals surface area contributed by atoms with Gasteiger partial charge in [-0.1, -0.05) is 18.9 Å². The van der Waals surface area contributed by atoms with Gasteiger partial charge in [0.2, 0.25) is 0 Å². The zero-order valence-corrected chi connectivity index (χ0v) is 11.4. The number of nitrogens with two attached hydrogens (primary N) is 1. The van der Waals surface area contributed by atoms with Crippen LogP contribution in [0.1, 0.15) is 44.1 Å². The van der Waals surface area contributed by atoms with Crippen molar-refractivity contribution in [1.29, 1.82) is 0 Å². The third-order valence-corrected chi connectivity index (χ3v) is 5.01. The summed E-state index contributed by atoms with van der Waals surface area (Å²) in [6, 6.07) is 6.38. The summed E-state index contributed by atoms with van der Waals surface area (Å²) in [4.78, 5) is 2.49. The molecule has 1 aromatic carbocycles. The standard InChI is InChI=1S/C16H24N2/c1-13-4-5-14(17)15(12-13)18-10-8-16(9-11-18)6-2-3-7-16/h4-5,12H,2-3,6-11,17H2,1H3. The van der Waals surface area contributed by atoms with E-state index < -0.39 is 0 Å². The number of aryl methyl sites for hydroxylation is 1. The van der Waals surface area contributed by atoms with E-state index in [-0.39, 0.29) is 0 Å². The van der Waals surface area contributed by atoms with Crippen LogP contribution in [0.4, 0.5) is 11.4 Å². The number of piperidine rings is 1. The van der Waals surface area contributed by atoms with E-state index in [1.807, 2.05) is 6.07 Å². The van der Waals surface area contributed by atoms with Crippen molar-refractivity contribution < 1.29 is 0 Å². The quantitative estimate of drug-likeness (QED) is 0.763. The molecule has 1 aliphatic carbocycles. The molecule has 2 fully saturated rings. The van der Waals surface area contributed by atoms with Crippen LogP contribution >= 0.6 is 0 Å². The minimum atomic E-state index is 0.690. The summed E-state index contributed by atoms with van der Waals surface area (Å²) in [7, 11) is 0. The Morgan fingerprint density at radius 3 is 2.39 bits per heavy atom. The molecule has 0 amide bonds. The fourth-order valence-electron chi connectivity index (χ4n) is 3.77. The Morgan fingerprint density at radius 2 is 1.72 bits per heavy atom. The Hall–Kier alpha value is -1.18. The second-order valence-corrected chi connectivity index (χ2v) is 6.26. The summed E-state index contributed by atoms with van der Waals surface area (Å²) in [5.74, 6) is 0. The largest absolute Gasteiger partial charge is 0.397 e. The van der Waals surface area contributed by atoms with Crippen LogP contribution in [0.15, 0.2) is 18.2 Å². The molecule has 2 nitrogen and oxygen atoms in total. The molecule has 1 saturated heterocycles. The summed E-state index contributed by atoms with van der Waals surface area (Å²) < 4.78 is 0. The monoisotopic (exact) mass is 244 g/mol. The van der Waals surface area contributed by atoms with Gasteiger partial charge in [0.25, 0.3) is 0 Å². The van der Waals surface area contributed by atoms with Gasteiger partial charge in [0.05, 0.1) is 11.4 Å². The first-order valence-corrected chi connectivity index (χ1v) is 7.30. The smallest absolute Gasteiger partial charge is 0.0602 e. The second kappa shape index (κ2) is 4.49. The van der Waals surface area contributed by atoms with Gasteiger partial charge in [0.1, 0.15) is 0 Å². The van der Waals surface area contributed by atoms with Crippen LogP contribution in [0.3, 0.4) is 0 Å². The third kappa shape index (κ3) is 2.09. The van der Waals surface area contributed by atoms with Crippen molar-refractivity contribution in [2.24, 2.45) is 5.41 Å². The molecule has 18 heavy (non-hydrogen) atoms. The van der Waals surface area contributed by atoms with Crippen LogP contribution in [0.2, 0.25) is 0 Å². The van der Waals surface area contributed by atoms with Crippen molar-refractivity contribution in [3.8, 4) is 0 Å². The lowest BCUT2D eigenvalue weighted by Crippen LogP contribution is -2.39. The van der Waals surface area contributed by atoms with E-state index >= 15 is 0 Å². The van der Waals surface area contributed by atoms with Crippen molar-refractivity contribution in [2.45, 2.75) is 45.4 Å². The van der Waals surface area contributed by atoms with Crippen LogP contribution in [-0.2, 0) is 0 Å². The summed E-state index contributed by atoms with van der Waals surface area (Å²) in [5.41, 5.74) is 10.3. The maximum Gasteiger partial charge on any atom is 0.0602 e. The number of benzene rings is 1. The average molecular weight is 244 g/mol. The molecule has 0 radical (unpaired) electrons. The Bertz CT molecular complexity index is 423. The van der Waals surface area contributed by atoms with Gasteiger partial charge in [-0.15, -0.1) is 0 Å². The van der Waals surface area contributed by atoms with Gasteiger partial charge in [0.15, 0.2) is 0 Å². The fourth-order valence-corrected chi connectivity index (χ4v) is 3.77. The van der Waals surface area contributed by atoms with Crippen LogP contribution in [-0.4, -0.2) is 13.1 Å². The van der Waals surface area contributed by atoms with Gasteiger partial charge in [-0.3, -0.25) is 0 Å². The molecule has 1 heterocycles. The van der Waals surface area contributed by atoms with Crippen LogP contribution in [0.25, 0.3) is 0 Å². The van der Waals surface area contributed by atoms with Crippen LogP contribution < -0.4 is 10.6 Å². The molecule has 0 unspecified atom stereocenters. The lowest BCUT2D eigenvalue weighted by Gasteiger charge is -2.41. The van der Waals surface area contributed by atoms with Crippen molar-refractivity contribution in [3.05, 3.63) is 23.8 Å². The first-order chi connectivity index (χ1) is 8.69. The Kier molecular flexibility index (Phi) is 2.96. The zero-order valence-electron chi connectivity index (χ0n) is 11.4. The number of anilines is 2. The minimum absolute atomic E-state index is 0.690. The van der Waals surface area contributed by atoms with Crippen molar-refractivity contribution >= 4 is 11.4 Å². The van der Waals surface area contributed by atoms with Gasteiger partial charge < -0.3 is 10.6 Å². The maximum atomic E-state index is 6.12. The number of hydrogen-bond donors (Lipinski definition) is 1. The summed E-state index contributed by atoms with van der Waals surface area (Å²) >= 11 is 0. The molecule has 2 N–H and O–H groups in total. The first-order valence-electron chi connectivity index (χ1n) is 7.30. The van der Waals surface area contributed by atoms with Crippen molar-refractivity contribution in [2.75, 3.05) is 23.7 Å². The molecule has 0 atom stereocenters. The number of nitrogens with zero attached hydrogens (tertiary/aromatic N) is 1. The van der Waals surface area contributed by atoms with E-state index in [0.717, 1.165) is 5.69 Å². The van der Waals surface area contributed by atoms with E-state index in [4.69, 9.17) is 5.73 Å². The molecular weight excluding hydrogens is 220 g/mol. The van der Waals surface area contributed by atoms with E-state index in [0.29, 0.717) is 5.41 Å². The second-order valence-electron chi connectivity index (χ2n) is 6.26. The Labute approximate surface area is 110 Å². The molecule has 0 bridgehead atoms. The molecule has 3 rings (SSSR count). The number of rotatable bonds is 1. The number of nitrogen functional groups attached to an aromatic ring is 1. The fraction of sp³-hybridized carbons (Fsp3) is 0.625. The van der Waals surface area contributed by atoms with Gasteiger partial charge in [-0.25, -0.2) is 0 Å². The minimum Gasteiger partial charge on any atom is -0.397 e. The normalized spacial score (nSPS) is 22.6. The summed E-state index contributed by atoms with van der Waals surface area (Å²) in [6.45, 7) is 4.52. The third-order valence-electron chi connectivity index (χ3n) is 5.01. The molecule has 1 saturated carbocycles. The van der Waals surface area contributed by atoms with E-state index in [1.54, 1.807) is 0 Å². The molecule has 1 aromatic rings. The van der Waals surface area contributed by atoms with Gasteiger partial charge >= 0.3 is 0 Å². The highest BCUT2D eigenvalue weighted by molar-refractivity contribution is 5.68. The lowest BCUT2D eigenvalue weighted by atomic mass is 9.77. The van der Waals surface area contributed by atoms with Crippen molar-refractivity contribution in [1.82, 2.24) is 0 Å². The summed E-state index contributed by atoms with van der Waals surface area (Å²) in [5, 5.41) is 0. The van der Waals surface area contributed by atoms with E-state index in [2.05, 4.69) is 24.0 Å². The molecule has 1 spiro atoms. The Morgan fingerprint density at radius 1 is 1.06 bits per heavy atom. The van der Waals surface area contributed by atoms with Crippen LogP contribution in [0.5, 0.6) is 0 Å².